The highest BCUT2D eigenvalue weighted by Crippen LogP contribution is 2.23. The zero-order chi connectivity index (χ0) is 17.8. The second-order valence-corrected chi connectivity index (χ2v) is 6.83. The molecule has 2 N–H and O–H groups in total. The number of hydrogen-bond donors (Lipinski definition) is 2. The van der Waals surface area contributed by atoms with Crippen LogP contribution in [-0.2, 0) is 4.79 Å². The van der Waals surface area contributed by atoms with Gasteiger partial charge in [-0.15, -0.1) is 0 Å². The summed E-state index contributed by atoms with van der Waals surface area (Å²) in [6.07, 6.45) is 1.58. The van der Waals surface area contributed by atoms with E-state index in [4.69, 9.17) is 12.2 Å². The van der Waals surface area contributed by atoms with Crippen LogP contribution in [0.1, 0.15) is 36.9 Å². The third kappa shape index (κ3) is 4.37. The minimum Gasteiger partial charge on any atom is -0.356 e. The van der Waals surface area contributed by atoms with E-state index in [1.807, 2.05) is 29.2 Å². The number of nitrogens with zero attached hydrogens (tertiary/aromatic N) is 1. The van der Waals surface area contributed by atoms with Crippen LogP contribution in [0.4, 0.5) is 11.4 Å². The molecular formula is C20H23N3OS. The van der Waals surface area contributed by atoms with E-state index in [1.54, 1.807) is 0 Å². The van der Waals surface area contributed by atoms with E-state index < -0.39 is 0 Å². The molecule has 25 heavy (non-hydrogen) atoms. The van der Waals surface area contributed by atoms with Crippen molar-refractivity contribution in [2.75, 3.05) is 16.8 Å². The van der Waals surface area contributed by atoms with Crippen LogP contribution in [0, 0.1) is 6.92 Å². The fourth-order valence-electron chi connectivity index (χ4n) is 2.95. The molecule has 1 aliphatic heterocycles. The largest absolute Gasteiger partial charge is 0.356 e. The molecule has 5 heteroatoms. The van der Waals surface area contributed by atoms with Gasteiger partial charge in [0.25, 0.3) is 0 Å². The molecule has 1 aliphatic rings. The Balaban J connectivity index is 1.57. The first-order valence-corrected chi connectivity index (χ1v) is 8.98. The van der Waals surface area contributed by atoms with Gasteiger partial charge >= 0.3 is 0 Å². The number of thiocarbonyl (C=S) groups is 1. The maximum absolute atomic E-state index is 11.8. The quantitative estimate of drug-likeness (QED) is 0.810. The Morgan fingerprint density at radius 3 is 2.40 bits per heavy atom. The van der Waals surface area contributed by atoms with Gasteiger partial charge in [-0.3, -0.25) is 4.79 Å². The van der Waals surface area contributed by atoms with Crippen LogP contribution in [0.15, 0.2) is 48.5 Å². The maximum Gasteiger partial charge on any atom is 0.227 e. The average molecular weight is 353 g/mol. The zero-order valence-corrected chi connectivity index (χ0v) is 15.4. The van der Waals surface area contributed by atoms with Crippen molar-refractivity contribution in [1.82, 2.24) is 5.32 Å². The molecule has 130 valence electrons. The van der Waals surface area contributed by atoms with E-state index in [-0.39, 0.29) is 11.9 Å². The Kier molecular flexibility index (Phi) is 5.34. The van der Waals surface area contributed by atoms with E-state index in [2.05, 4.69) is 48.7 Å². The summed E-state index contributed by atoms with van der Waals surface area (Å²) in [4.78, 5) is 13.6. The van der Waals surface area contributed by atoms with E-state index in [9.17, 15) is 4.79 Å². The van der Waals surface area contributed by atoms with Crippen molar-refractivity contribution in [2.24, 2.45) is 0 Å². The van der Waals surface area contributed by atoms with Crippen molar-refractivity contribution < 1.29 is 4.79 Å². The Morgan fingerprint density at radius 1 is 1.12 bits per heavy atom. The lowest BCUT2D eigenvalue weighted by molar-refractivity contribution is -0.117. The molecule has 1 amide bonds. The number of carbonyl (C=O) groups is 1. The first kappa shape index (κ1) is 17.4. The Hall–Kier alpha value is -2.40. The molecule has 1 unspecified atom stereocenters. The lowest BCUT2D eigenvalue weighted by Gasteiger charge is -2.19. The highest BCUT2D eigenvalue weighted by Gasteiger charge is 2.21. The summed E-state index contributed by atoms with van der Waals surface area (Å²) in [5, 5.41) is 7.08. The number of amides is 1. The van der Waals surface area contributed by atoms with Crippen LogP contribution >= 0.6 is 12.2 Å². The van der Waals surface area contributed by atoms with E-state index in [1.165, 1.54) is 11.1 Å². The number of aryl methyl sites for hydroxylation is 1. The van der Waals surface area contributed by atoms with E-state index in [0.717, 1.165) is 24.3 Å². The SMILES string of the molecule is Cc1ccc(C(C)NC(=S)Nc2ccc(N3CCCC3=O)cc2)cc1. The molecule has 2 aromatic rings. The van der Waals surface area contributed by atoms with Crippen molar-refractivity contribution in [3.05, 3.63) is 59.7 Å². The maximum atomic E-state index is 11.8. The molecule has 2 aromatic carbocycles. The van der Waals surface area contributed by atoms with Crippen molar-refractivity contribution in [3.63, 3.8) is 0 Å². The molecule has 1 atom stereocenters. The van der Waals surface area contributed by atoms with Gasteiger partial charge in [0.1, 0.15) is 0 Å². The first-order chi connectivity index (χ1) is 12.0. The monoisotopic (exact) mass is 353 g/mol. The van der Waals surface area contributed by atoms with Crippen LogP contribution in [0.3, 0.4) is 0 Å². The predicted molar refractivity (Wildman–Crippen MR) is 107 cm³/mol. The minimum atomic E-state index is 0.127. The number of nitrogens with one attached hydrogen (secondary N) is 2. The van der Waals surface area contributed by atoms with Crippen LogP contribution < -0.4 is 15.5 Å². The Morgan fingerprint density at radius 2 is 1.80 bits per heavy atom. The van der Waals surface area contributed by atoms with Crippen LogP contribution in [0.25, 0.3) is 0 Å². The van der Waals surface area contributed by atoms with Gasteiger partial charge in [0.2, 0.25) is 5.91 Å². The lowest BCUT2D eigenvalue weighted by Crippen LogP contribution is -2.30. The fourth-order valence-corrected chi connectivity index (χ4v) is 3.24. The van der Waals surface area contributed by atoms with Gasteiger partial charge in [-0.25, -0.2) is 0 Å². The van der Waals surface area contributed by atoms with Crippen LogP contribution in [0.2, 0.25) is 0 Å². The smallest absolute Gasteiger partial charge is 0.227 e. The zero-order valence-electron chi connectivity index (χ0n) is 14.6. The normalized spacial score (nSPS) is 15.1. The molecule has 1 fully saturated rings. The van der Waals surface area contributed by atoms with Gasteiger partial charge in [0.15, 0.2) is 5.11 Å². The van der Waals surface area contributed by atoms with Gasteiger partial charge in [-0.1, -0.05) is 29.8 Å². The van der Waals surface area contributed by atoms with E-state index >= 15 is 0 Å². The number of anilines is 2. The minimum absolute atomic E-state index is 0.127. The third-order valence-electron chi connectivity index (χ3n) is 4.44. The molecule has 0 spiro atoms. The molecule has 0 aliphatic carbocycles. The molecule has 0 aromatic heterocycles. The number of rotatable bonds is 4. The molecule has 1 saturated heterocycles. The first-order valence-electron chi connectivity index (χ1n) is 8.57. The molecule has 3 rings (SSSR count). The lowest BCUT2D eigenvalue weighted by atomic mass is 10.1. The number of benzene rings is 2. The van der Waals surface area contributed by atoms with Crippen molar-refractivity contribution >= 4 is 34.6 Å². The Bertz CT molecular complexity index is 756. The second-order valence-electron chi connectivity index (χ2n) is 6.43. The summed E-state index contributed by atoms with van der Waals surface area (Å²) in [6.45, 7) is 4.97. The summed E-state index contributed by atoms with van der Waals surface area (Å²) in [7, 11) is 0. The molecule has 4 nitrogen and oxygen atoms in total. The topological polar surface area (TPSA) is 44.4 Å². The predicted octanol–water partition coefficient (Wildman–Crippen LogP) is 4.17. The molecule has 0 radical (unpaired) electrons. The average Bonchev–Trinajstić information content (AvgIpc) is 3.02. The number of carbonyl (C=O) groups excluding carboxylic acids is 1. The van der Waals surface area contributed by atoms with Crippen molar-refractivity contribution in [3.8, 4) is 0 Å². The van der Waals surface area contributed by atoms with Crippen LogP contribution in [-0.4, -0.2) is 17.6 Å². The van der Waals surface area contributed by atoms with Gasteiger partial charge in [0.05, 0.1) is 6.04 Å². The van der Waals surface area contributed by atoms with Gasteiger partial charge < -0.3 is 15.5 Å². The van der Waals surface area contributed by atoms with Crippen molar-refractivity contribution in [1.29, 1.82) is 0 Å². The summed E-state index contributed by atoms with van der Waals surface area (Å²) in [5.41, 5.74) is 4.29. The summed E-state index contributed by atoms with van der Waals surface area (Å²) >= 11 is 5.41. The van der Waals surface area contributed by atoms with E-state index in [0.29, 0.717) is 11.5 Å². The number of hydrogen-bond acceptors (Lipinski definition) is 2. The highest BCUT2D eigenvalue weighted by atomic mass is 32.1. The van der Waals surface area contributed by atoms with Crippen molar-refractivity contribution in [2.45, 2.75) is 32.7 Å². The molecule has 1 heterocycles. The summed E-state index contributed by atoms with van der Waals surface area (Å²) in [5.74, 6) is 0.199. The summed E-state index contributed by atoms with van der Waals surface area (Å²) in [6, 6.07) is 16.4. The Labute approximate surface area is 154 Å². The van der Waals surface area contributed by atoms with Crippen LogP contribution in [0.5, 0.6) is 0 Å². The molecule has 0 bridgehead atoms. The standard InChI is InChI=1S/C20H23N3OS/c1-14-5-7-16(8-6-14)15(2)21-20(25)22-17-9-11-18(12-10-17)23-13-3-4-19(23)24/h5-12,15H,3-4,13H2,1-2H3,(H2,21,22,25). The highest BCUT2D eigenvalue weighted by molar-refractivity contribution is 7.80. The van der Waals surface area contributed by atoms with Gasteiger partial charge in [0, 0.05) is 24.3 Å². The fraction of sp³-hybridized carbons (Fsp3) is 0.300. The second kappa shape index (κ2) is 7.66. The summed E-state index contributed by atoms with van der Waals surface area (Å²) < 4.78 is 0. The van der Waals surface area contributed by atoms with Gasteiger partial charge in [-0.2, -0.15) is 0 Å². The third-order valence-corrected chi connectivity index (χ3v) is 4.66. The molecule has 0 saturated carbocycles. The van der Waals surface area contributed by atoms with Gasteiger partial charge in [-0.05, 0) is 62.3 Å². The molecular weight excluding hydrogens is 330 g/mol.